The second-order valence-electron chi connectivity index (χ2n) is 5.08. The van der Waals surface area contributed by atoms with E-state index in [0.717, 1.165) is 11.1 Å². The van der Waals surface area contributed by atoms with Crippen molar-refractivity contribution in [2.75, 3.05) is 13.7 Å². The summed E-state index contributed by atoms with van der Waals surface area (Å²) in [6.45, 7) is 3.81. The molecule has 22 heavy (non-hydrogen) atoms. The molecular weight excluding hydrogens is 284 g/mol. The quantitative estimate of drug-likeness (QED) is 0.791. The van der Waals surface area contributed by atoms with E-state index < -0.39 is 5.97 Å². The molecule has 0 saturated carbocycles. The molecule has 0 fully saturated rings. The standard InChI is InChI=1S/C16H18N2O4/c1-11-6-4-5-7-13(11)9-18(3)15(19)10-21-16(20)14-8-12(2)17-22-14/h4-8H,9-10H2,1-3H3. The van der Waals surface area contributed by atoms with Crippen LogP contribution in [0.2, 0.25) is 0 Å². The lowest BCUT2D eigenvalue weighted by molar-refractivity contribution is -0.133. The number of carbonyl (C=O) groups is 2. The van der Waals surface area contributed by atoms with Crippen molar-refractivity contribution >= 4 is 11.9 Å². The van der Waals surface area contributed by atoms with E-state index >= 15 is 0 Å². The average molecular weight is 302 g/mol. The Morgan fingerprint density at radius 3 is 2.64 bits per heavy atom. The summed E-state index contributed by atoms with van der Waals surface area (Å²) in [5.74, 6) is -0.988. The SMILES string of the molecule is Cc1cc(C(=O)OCC(=O)N(C)Cc2ccccc2C)on1. The Morgan fingerprint density at radius 2 is 2.00 bits per heavy atom. The lowest BCUT2D eigenvalue weighted by atomic mass is 10.1. The highest BCUT2D eigenvalue weighted by Crippen LogP contribution is 2.10. The van der Waals surface area contributed by atoms with Gasteiger partial charge in [0.05, 0.1) is 5.69 Å². The fraction of sp³-hybridized carbons (Fsp3) is 0.312. The predicted molar refractivity (Wildman–Crippen MR) is 79.2 cm³/mol. The first-order valence-corrected chi connectivity index (χ1v) is 6.86. The highest BCUT2D eigenvalue weighted by atomic mass is 16.6. The molecule has 0 aliphatic rings. The minimum Gasteiger partial charge on any atom is -0.450 e. The van der Waals surface area contributed by atoms with Crippen molar-refractivity contribution in [3.8, 4) is 0 Å². The van der Waals surface area contributed by atoms with Gasteiger partial charge in [0.25, 0.3) is 5.91 Å². The van der Waals surface area contributed by atoms with Crippen molar-refractivity contribution in [2.45, 2.75) is 20.4 Å². The van der Waals surface area contributed by atoms with Crippen molar-refractivity contribution in [2.24, 2.45) is 0 Å². The molecule has 1 amide bonds. The summed E-state index contributed by atoms with van der Waals surface area (Å²) >= 11 is 0. The van der Waals surface area contributed by atoms with E-state index in [1.807, 2.05) is 31.2 Å². The molecule has 6 nitrogen and oxygen atoms in total. The van der Waals surface area contributed by atoms with Crippen LogP contribution in [0.4, 0.5) is 0 Å². The van der Waals surface area contributed by atoms with E-state index in [1.54, 1.807) is 14.0 Å². The minimum atomic E-state index is -0.696. The Kier molecular flexibility index (Phi) is 4.93. The Labute approximate surface area is 128 Å². The van der Waals surface area contributed by atoms with Gasteiger partial charge < -0.3 is 14.2 Å². The van der Waals surface area contributed by atoms with Gasteiger partial charge in [-0.3, -0.25) is 4.79 Å². The van der Waals surface area contributed by atoms with Gasteiger partial charge in [0.1, 0.15) is 0 Å². The zero-order chi connectivity index (χ0) is 16.1. The number of benzene rings is 1. The number of hydrogen-bond acceptors (Lipinski definition) is 5. The number of rotatable bonds is 5. The summed E-state index contributed by atoms with van der Waals surface area (Å²) in [7, 11) is 1.67. The highest BCUT2D eigenvalue weighted by Gasteiger charge is 2.17. The molecule has 6 heteroatoms. The molecule has 0 spiro atoms. The molecule has 2 rings (SSSR count). The second-order valence-corrected chi connectivity index (χ2v) is 5.08. The molecule has 0 radical (unpaired) electrons. The van der Waals surface area contributed by atoms with Gasteiger partial charge in [-0.1, -0.05) is 29.4 Å². The third-order valence-corrected chi connectivity index (χ3v) is 3.25. The smallest absolute Gasteiger partial charge is 0.377 e. The molecule has 1 aromatic carbocycles. The van der Waals surface area contributed by atoms with Crippen LogP contribution in [-0.4, -0.2) is 35.6 Å². The molecule has 0 bridgehead atoms. The topological polar surface area (TPSA) is 72.6 Å². The number of ether oxygens (including phenoxy) is 1. The van der Waals surface area contributed by atoms with Crippen LogP contribution in [0, 0.1) is 13.8 Å². The van der Waals surface area contributed by atoms with E-state index in [4.69, 9.17) is 9.26 Å². The molecule has 116 valence electrons. The zero-order valence-electron chi connectivity index (χ0n) is 12.8. The van der Waals surface area contributed by atoms with Crippen LogP contribution in [0.15, 0.2) is 34.9 Å². The Morgan fingerprint density at radius 1 is 1.27 bits per heavy atom. The first-order chi connectivity index (χ1) is 10.5. The van der Waals surface area contributed by atoms with E-state index in [2.05, 4.69) is 5.16 Å². The summed E-state index contributed by atoms with van der Waals surface area (Å²) in [5.41, 5.74) is 2.74. The van der Waals surface area contributed by atoms with Gasteiger partial charge in [-0.15, -0.1) is 0 Å². The number of amides is 1. The molecule has 0 N–H and O–H groups in total. The molecule has 0 saturated heterocycles. The number of hydrogen-bond donors (Lipinski definition) is 0. The second kappa shape index (κ2) is 6.89. The maximum atomic E-state index is 12.0. The van der Waals surface area contributed by atoms with Crippen molar-refractivity contribution in [3.63, 3.8) is 0 Å². The van der Waals surface area contributed by atoms with Crippen molar-refractivity contribution in [3.05, 3.63) is 52.9 Å². The van der Waals surface area contributed by atoms with Gasteiger partial charge in [-0.05, 0) is 25.0 Å². The van der Waals surface area contributed by atoms with Gasteiger partial charge in [-0.25, -0.2) is 4.79 Å². The van der Waals surface area contributed by atoms with E-state index in [1.165, 1.54) is 11.0 Å². The van der Waals surface area contributed by atoms with Crippen LogP contribution in [0.1, 0.15) is 27.4 Å². The lowest BCUT2D eigenvalue weighted by Crippen LogP contribution is -2.31. The van der Waals surface area contributed by atoms with Crippen molar-refractivity contribution < 1.29 is 18.8 Å². The maximum absolute atomic E-state index is 12.0. The fourth-order valence-corrected chi connectivity index (χ4v) is 1.90. The molecule has 0 aliphatic heterocycles. The number of likely N-dealkylation sites (N-methyl/N-ethyl adjacent to an activating group) is 1. The van der Waals surface area contributed by atoms with Crippen LogP contribution in [0.3, 0.4) is 0 Å². The summed E-state index contributed by atoms with van der Waals surface area (Å²) in [6, 6.07) is 9.28. The molecule has 2 aromatic rings. The molecule has 0 aliphatic carbocycles. The number of aryl methyl sites for hydroxylation is 2. The average Bonchev–Trinajstić information content (AvgIpc) is 2.93. The van der Waals surface area contributed by atoms with E-state index in [0.29, 0.717) is 12.2 Å². The monoisotopic (exact) mass is 302 g/mol. The number of nitrogens with zero attached hydrogens (tertiary/aromatic N) is 2. The number of esters is 1. The first-order valence-electron chi connectivity index (χ1n) is 6.86. The Balaban J connectivity index is 1.86. The number of carbonyl (C=O) groups excluding carboxylic acids is 2. The van der Waals surface area contributed by atoms with Crippen molar-refractivity contribution in [1.82, 2.24) is 10.1 Å². The van der Waals surface area contributed by atoms with Gasteiger partial charge in [0, 0.05) is 19.7 Å². The third-order valence-electron chi connectivity index (χ3n) is 3.25. The normalized spacial score (nSPS) is 10.3. The molecular formula is C16H18N2O4. The first kappa shape index (κ1) is 15.8. The van der Waals surface area contributed by atoms with Crippen LogP contribution >= 0.6 is 0 Å². The van der Waals surface area contributed by atoms with E-state index in [9.17, 15) is 9.59 Å². The summed E-state index contributed by atoms with van der Waals surface area (Å²) in [6.07, 6.45) is 0. The van der Waals surface area contributed by atoms with Gasteiger partial charge >= 0.3 is 5.97 Å². The van der Waals surface area contributed by atoms with Crippen LogP contribution in [0.5, 0.6) is 0 Å². The predicted octanol–water partition coefficient (Wildman–Crippen LogP) is 2.11. The van der Waals surface area contributed by atoms with Gasteiger partial charge in [0.2, 0.25) is 5.76 Å². The largest absolute Gasteiger partial charge is 0.450 e. The highest BCUT2D eigenvalue weighted by molar-refractivity contribution is 5.88. The van der Waals surface area contributed by atoms with Crippen LogP contribution in [0.25, 0.3) is 0 Å². The van der Waals surface area contributed by atoms with Crippen molar-refractivity contribution in [1.29, 1.82) is 0 Å². The van der Waals surface area contributed by atoms with Crippen LogP contribution < -0.4 is 0 Å². The summed E-state index contributed by atoms with van der Waals surface area (Å²) in [5, 5.41) is 3.59. The minimum absolute atomic E-state index is 0.00754. The van der Waals surface area contributed by atoms with Gasteiger partial charge in [-0.2, -0.15) is 0 Å². The molecule has 0 atom stereocenters. The number of aromatic nitrogens is 1. The molecule has 1 aromatic heterocycles. The summed E-state index contributed by atoms with van der Waals surface area (Å²) < 4.78 is 9.71. The Bertz CT molecular complexity index is 678. The zero-order valence-corrected chi connectivity index (χ0v) is 12.8. The lowest BCUT2D eigenvalue weighted by Gasteiger charge is -2.18. The van der Waals surface area contributed by atoms with E-state index in [-0.39, 0.29) is 18.3 Å². The summed E-state index contributed by atoms with van der Waals surface area (Å²) in [4.78, 5) is 25.2. The van der Waals surface area contributed by atoms with Crippen LogP contribution in [-0.2, 0) is 16.1 Å². The van der Waals surface area contributed by atoms with Gasteiger partial charge in [0.15, 0.2) is 6.61 Å². The molecule has 0 unspecified atom stereocenters. The maximum Gasteiger partial charge on any atom is 0.377 e. The Hall–Kier alpha value is -2.63. The third kappa shape index (κ3) is 3.94. The molecule has 1 heterocycles. The fourth-order valence-electron chi connectivity index (χ4n) is 1.90.